The molecule has 1 saturated heterocycles. The molecule has 3 nitrogen and oxygen atoms in total. The van der Waals surface area contributed by atoms with Crippen molar-refractivity contribution in [3.63, 3.8) is 0 Å². The maximum atomic E-state index is 3.44. The molecule has 1 aliphatic rings. The Labute approximate surface area is 81.9 Å². The Morgan fingerprint density at radius 2 is 1.54 bits per heavy atom. The van der Waals surface area contributed by atoms with Gasteiger partial charge >= 0.3 is 0 Å². The van der Waals surface area contributed by atoms with E-state index < -0.39 is 0 Å². The lowest BCUT2D eigenvalue weighted by Gasteiger charge is -2.18. The van der Waals surface area contributed by atoms with E-state index >= 15 is 0 Å². The Bertz CT molecular complexity index is 105. The second kappa shape index (κ2) is 7.30. The number of likely N-dealkylation sites (N-methyl/N-ethyl adjacent to an activating group) is 1. The highest BCUT2D eigenvalue weighted by molar-refractivity contribution is 4.59. The van der Waals surface area contributed by atoms with Crippen LogP contribution in [0, 0.1) is 0 Å². The van der Waals surface area contributed by atoms with Gasteiger partial charge in [-0.2, -0.15) is 0 Å². The van der Waals surface area contributed by atoms with Crippen molar-refractivity contribution in [2.24, 2.45) is 0 Å². The zero-order valence-corrected chi connectivity index (χ0v) is 8.81. The lowest BCUT2D eigenvalue weighted by atomic mass is 10.2. The minimum atomic E-state index is 1.10. The Balaban J connectivity index is 2.11. The first-order valence-electron chi connectivity index (χ1n) is 5.49. The van der Waals surface area contributed by atoms with Gasteiger partial charge in [-0.3, -0.25) is 0 Å². The van der Waals surface area contributed by atoms with E-state index in [1.54, 1.807) is 0 Å². The molecule has 0 aromatic rings. The van der Waals surface area contributed by atoms with Crippen molar-refractivity contribution < 1.29 is 0 Å². The Kier molecular flexibility index (Phi) is 6.15. The third kappa shape index (κ3) is 6.02. The molecule has 2 N–H and O–H groups in total. The fourth-order valence-electron chi connectivity index (χ4n) is 1.62. The van der Waals surface area contributed by atoms with Crippen molar-refractivity contribution >= 4 is 0 Å². The van der Waals surface area contributed by atoms with Gasteiger partial charge in [0.15, 0.2) is 0 Å². The molecule has 1 aliphatic heterocycles. The summed E-state index contributed by atoms with van der Waals surface area (Å²) in [7, 11) is 2.21. The standard InChI is InChI=1S/C10H23N3/c1-13-9-4-2-3-5-11-6-7-12-8-10-13/h11-12H,2-10H2,1H3. The van der Waals surface area contributed by atoms with Gasteiger partial charge < -0.3 is 15.5 Å². The summed E-state index contributed by atoms with van der Waals surface area (Å²) in [6.07, 6.45) is 4.04. The maximum absolute atomic E-state index is 3.44. The molecule has 0 atom stereocenters. The maximum Gasteiger partial charge on any atom is 0.0104 e. The van der Waals surface area contributed by atoms with Gasteiger partial charge in [0.25, 0.3) is 0 Å². The van der Waals surface area contributed by atoms with Gasteiger partial charge in [-0.25, -0.2) is 0 Å². The van der Waals surface area contributed by atoms with Crippen LogP contribution < -0.4 is 10.6 Å². The number of nitrogens with zero attached hydrogens (tertiary/aromatic N) is 1. The van der Waals surface area contributed by atoms with E-state index in [1.165, 1.54) is 38.9 Å². The second-order valence-electron chi connectivity index (χ2n) is 3.86. The Morgan fingerprint density at radius 3 is 2.38 bits per heavy atom. The molecule has 1 heterocycles. The molecule has 1 fully saturated rings. The SMILES string of the molecule is CN1CCCCCNCCNCC1. The Hall–Kier alpha value is -0.120. The number of rotatable bonds is 0. The third-order valence-corrected chi connectivity index (χ3v) is 2.54. The van der Waals surface area contributed by atoms with Crippen molar-refractivity contribution in [1.29, 1.82) is 0 Å². The van der Waals surface area contributed by atoms with Crippen molar-refractivity contribution in [3.8, 4) is 0 Å². The molecule has 3 heteroatoms. The van der Waals surface area contributed by atoms with Crippen LogP contribution in [-0.4, -0.2) is 51.2 Å². The zero-order chi connectivity index (χ0) is 9.36. The summed E-state index contributed by atoms with van der Waals surface area (Å²) in [5, 5.41) is 6.87. The summed E-state index contributed by atoms with van der Waals surface area (Å²) in [4.78, 5) is 2.42. The highest BCUT2D eigenvalue weighted by atomic mass is 15.1. The average molecular weight is 185 g/mol. The van der Waals surface area contributed by atoms with E-state index in [2.05, 4.69) is 22.6 Å². The number of nitrogens with one attached hydrogen (secondary N) is 2. The summed E-state index contributed by atoms with van der Waals surface area (Å²) in [6.45, 7) is 6.96. The largest absolute Gasteiger partial charge is 0.315 e. The van der Waals surface area contributed by atoms with E-state index in [0.717, 1.165) is 19.6 Å². The smallest absolute Gasteiger partial charge is 0.0104 e. The third-order valence-electron chi connectivity index (χ3n) is 2.54. The van der Waals surface area contributed by atoms with Crippen molar-refractivity contribution in [2.75, 3.05) is 46.3 Å². The van der Waals surface area contributed by atoms with E-state index in [4.69, 9.17) is 0 Å². The summed E-state index contributed by atoms with van der Waals surface area (Å²) in [6, 6.07) is 0. The van der Waals surface area contributed by atoms with Crippen LogP contribution in [0.15, 0.2) is 0 Å². The molecule has 78 valence electrons. The minimum absolute atomic E-state index is 1.10. The molecular weight excluding hydrogens is 162 g/mol. The summed E-state index contributed by atoms with van der Waals surface area (Å²) < 4.78 is 0. The summed E-state index contributed by atoms with van der Waals surface area (Å²) in [5.74, 6) is 0. The molecule has 13 heavy (non-hydrogen) atoms. The van der Waals surface area contributed by atoms with Crippen molar-refractivity contribution in [1.82, 2.24) is 15.5 Å². The molecule has 0 bridgehead atoms. The minimum Gasteiger partial charge on any atom is -0.315 e. The van der Waals surface area contributed by atoms with Crippen LogP contribution in [0.5, 0.6) is 0 Å². The normalized spacial score (nSPS) is 24.7. The van der Waals surface area contributed by atoms with Crippen LogP contribution >= 0.6 is 0 Å². The van der Waals surface area contributed by atoms with Gasteiger partial charge in [-0.05, 0) is 33.0 Å². The summed E-state index contributed by atoms with van der Waals surface area (Å²) >= 11 is 0. The first-order valence-corrected chi connectivity index (χ1v) is 5.49. The zero-order valence-electron chi connectivity index (χ0n) is 8.81. The highest BCUT2D eigenvalue weighted by Gasteiger charge is 1.99. The van der Waals surface area contributed by atoms with Gasteiger partial charge in [0.1, 0.15) is 0 Å². The van der Waals surface area contributed by atoms with E-state index in [9.17, 15) is 0 Å². The predicted molar refractivity (Wildman–Crippen MR) is 57.1 cm³/mol. The molecule has 0 aromatic carbocycles. The fraction of sp³-hybridized carbons (Fsp3) is 1.00. The van der Waals surface area contributed by atoms with Crippen LogP contribution in [0.2, 0.25) is 0 Å². The molecule has 0 aliphatic carbocycles. The molecular formula is C10H23N3. The fourth-order valence-corrected chi connectivity index (χ4v) is 1.62. The molecule has 0 unspecified atom stereocenters. The van der Waals surface area contributed by atoms with Crippen molar-refractivity contribution in [3.05, 3.63) is 0 Å². The molecule has 0 amide bonds. The number of hydrogen-bond donors (Lipinski definition) is 2. The highest BCUT2D eigenvalue weighted by Crippen LogP contribution is 1.96. The van der Waals surface area contributed by atoms with Crippen LogP contribution in [0.4, 0.5) is 0 Å². The van der Waals surface area contributed by atoms with Crippen LogP contribution in [0.25, 0.3) is 0 Å². The molecule has 0 saturated carbocycles. The molecule has 0 aromatic heterocycles. The average Bonchev–Trinajstić information content (AvgIpc) is 2.11. The van der Waals surface area contributed by atoms with Gasteiger partial charge in [-0.1, -0.05) is 6.42 Å². The van der Waals surface area contributed by atoms with Gasteiger partial charge in [0.05, 0.1) is 0 Å². The van der Waals surface area contributed by atoms with Gasteiger partial charge in [0, 0.05) is 26.2 Å². The summed E-state index contributed by atoms with van der Waals surface area (Å²) in [5.41, 5.74) is 0. The molecule has 0 spiro atoms. The van der Waals surface area contributed by atoms with E-state index in [1.807, 2.05) is 0 Å². The lowest BCUT2D eigenvalue weighted by Crippen LogP contribution is -2.34. The molecule has 0 radical (unpaired) electrons. The van der Waals surface area contributed by atoms with Gasteiger partial charge in [-0.15, -0.1) is 0 Å². The monoisotopic (exact) mass is 185 g/mol. The topological polar surface area (TPSA) is 27.3 Å². The Morgan fingerprint density at radius 1 is 0.769 bits per heavy atom. The predicted octanol–water partition coefficient (Wildman–Crippen LogP) is 0.281. The first kappa shape index (κ1) is 11.0. The van der Waals surface area contributed by atoms with Gasteiger partial charge in [0.2, 0.25) is 0 Å². The first-order chi connectivity index (χ1) is 6.39. The lowest BCUT2D eigenvalue weighted by molar-refractivity contribution is 0.319. The van der Waals surface area contributed by atoms with Crippen LogP contribution in [0.3, 0.4) is 0 Å². The van der Waals surface area contributed by atoms with Crippen LogP contribution in [0.1, 0.15) is 19.3 Å². The molecule has 1 rings (SSSR count). The quantitative estimate of drug-likeness (QED) is 0.568. The van der Waals surface area contributed by atoms with Crippen LogP contribution in [-0.2, 0) is 0 Å². The van der Waals surface area contributed by atoms with E-state index in [-0.39, 0.29) is 0 Å². The number of hydrogen-bond acceptors (Lipinski definition) is 3. The van der Waals surface area contributed by atoms with E-state index in [0.29, 0.717) is 0 Å². The van der Waals surface area contributed by atoms with Crippen molar-refractivity contribution in [2.45, 2.75) is 19.3 Å². The second-order valence-corrected chi connectivity index (χ2v) is 3.86.